The summed E-state index contributed by atoms with van der Waals surface area (Å²) in [6.45, 7) is 0. The predicted molar refractivity (Wildman–Crippen MR) is 61.9 cm³/mol. The summed E-state index contributed by atoms with van der Waals surface area (Å²) in [7, 11) is 1.65. The molecule has 0 saturated heterocycles. The van der Waals surface area contributed by atoms with Gasteiger partial charge in [-0.25, -0.2) is 4.79 Å². The van der Waals surface area contributed by atoms with Gasteiger partial charge in [-0.15, -0.1) is 0 Å². The van der Waals surface area contributed by atoms with Crippen LogP contribution in [-0.2, 0) is 19.9 Å². The van der Waals surface area contributed by atoms with Crippen molar-refractivity contribution in [2.45, 2.75) is 12.8 Å². The lowest BCUT2D eigenvalue weighted by molar-refractivity contribution is 0.0685. The standard InChI is InChI=1S/C11H12N2O2S/c1-13-10(11(14)15)6-9(12-13)3-2-8-4-5-16-7-8/h4-7H,2-3H2,1H3,(H,14,15). The van der Waals surface area contributed by atoms with Crippen molar-refractivity contribution in [2.24, 2.45) is 7.05 Å². The van der Waals surface area contributed by atoms with Crippen LogP contribution in [0.4, 0.5) is 0 Å². The number of carboxylic acids is 1. The average Bonchev–Trinajstić information content (AvgIpc) is 2.83. The van der Waals surface area contributed by atoms with Crippen LogP contribution in [0.25, 0.3) is 0 Å². The van der Waals surface area contributed by atoms with E-state index in [2.05, 4.69) is 16.5 Å². The van der Waals surface area contributed by atoms with Crippen LogP contribution in [0.5, 0.6) is 0 Å². The van der Waals surface area contributed by atoms with Crippen molar-refractivity contribution >= 4 is 17.3 Å². The number of carboxylic acid groups (broad SMARTS) is 1. The number of aryl methyl sites for hydroxylation is 3. The molecular formula is C11H12N2O2S. The Hall–Kier alpha value is -1.62. The highest BCUT2D eigenvalue weighted by Gasteiger charge is 2.11. The van der Waals surface area contributed by atoms with E-state index in [1.165, 1.54) is 10.2 Å². The summed E-state index contributed by atoms with van der Waals surface area (Å²) in [5.74, 6) is -0.934. The first-order valence-electron chi connectivity index (χ1n) is 4.94. The molecule has 84 valence electrons. The highest BCUT2D eigenvalue weighted by molar-refractivity contribution is 7.07. The van der Waals surface area contributed by atoms with Gasteiger partial charge in [-0.1, -0.05) is 0 Å². The van der Waals surface area contributed by atoms with Crippen LogP contribution in [0, 0.1) is 0 Å². The van der Waals surface area contributed by atoms with Crippen LogP contribution in [0.2, 0.25) is 0 Å². The minimum absolute atomic E-state index is 0.236. The summed E-state index contributed by atoms with van der Waals surface area (Å²) < 4.78 is 1.41. The van der Waals surface area contributed by atoms with Crippen molar-refractivity contribution in [1.82, 2.24) is 9.78 Å². The molecule has 5 heteroatoms. The zero-order valence-electron chi connectivity index (χ0n) is 8.88. The van der Waals surface area contributed by atoms with Gasteiger partial charge in [0, 0.05) is 7.05 Å². The Morgan fingerprint density at radius 1 is 1.56 bits per heavy atom. The molecule has 16 heavy (non-hydrogen) atoms. The van der Waals surface area contributed by atoms with Gasteiger partial charge in [0.15, 0.2) is 0 Å². The number of thiophene rings is 1. The third kappa shape index (κ3) is 2.30. The topological polar surface area (TPSA) is 55.1 Å². The fraction of sp³-hybridized carbons (Fsp3) is 0.273. The van der Waals surface area contributed by atoms with Crippen molar-refractivity contribution in [2.75, 3.05) is 0 Å². The van der Waals surface area contributed by atoms with E-state index in [0.717, 1.165) is 18.5 Å². The maximum Gasteiger partial charge on any atom is 0.354 e. The van der Waals surface area contributed by atoms with Gasteiger partial charge in [-0.05, 0) is 41.3 Å². The summed E-state index contributed by atoms with van der Waals surface area (Å²) in [6.07, 6.45) is 1.68. The Morgan fingerprint density at radius 3 is 2.94 bits per heavy atom. The molecule has 2 aromatic rings. The molecule has 0 spiro atoms. The second-order valence-corrected chi connectivity index (χ2v) is 4.36. The van der Waals surface area contributed by atoms with Crippen molar-refractivity contribution in [3.8, 4) is 0 Å². The fourth-order valence-corrected chi connectivity index (χ4v) is 2.26. The van der Waals surface area contributed by atoms with Gasteiger partial charge in [-0.3, -0.25) is 4.68 Å². The van der Waals surface area contributed by atoms with E-state index in [9.17, 15) is 4.79 Å². The van der Waals surface area contributed by atoms with Gasteiger partial charge >= 0.3 is 5.97 Å². The number of aromatic nitrogens is 2. The van der Waals surface area contributed by atoms with E-state index >= 15 is 0 Å². The molecule has 0 aliphatic heterocycles. The second kappa shape index (κ2) is 4.49. The molecule has 0 fully saturated rings. The highest BCUT2D eigenvalue weighted by Crippen LogP contribution is 2.11. The first-order valence-corrected chi connectivity index (χ1v) is 5.88. The van der Waals surface area contributed by atoms with E-state index in [1.807, 2.05) is 5.38 Å². The molecule has 2 rings (SSSR count). The molecule has 0 radical (unpaired) electrons. The molecule has 0 atom stereocenters. The normalized spacial score (nSPS) is 10.6. The van der Waals surface area contributed by atoms with Crippen molar-refractivity contribution in [3.63, 3.8) is 0 Å². The summed E-state index contributed by atoms with van der Waals surface area (Å²) >= 11 is 1.67. The van der Waals surface area contributed by atoms with Gasteiger partial charge in [0.1, 0.15) is 5.69 Å². The van der Waals surface area contributed by atoms with Gasteiger partial charge in [-0.2, -0.15) is 16.4 Å². The maximum atomic E-state index is 10.8. The number of rotatable bonds is 4. The SMILES string of the molecule is Cn1nc(CCc2ccsc2)cc1C(=O)O. The molecule has 0 bridgehead atoms. The molecule has 1 N–H and O–H groups in total. The first-order chi connectivity index (χ1) is 7.66. The molecule has 4 nitrogen and oxygen atoms in total. The van der Waals surface area contributed by atoms with Crippen LogP contribution in [0.3, 0.4) is 0 Å². The van der Waals surface area contributed by atoms with Crippen LogP contribution in [0.1, 0.15) is 21.7 Å². The quantitative estimate of drug-likeness (QED) is 0.883. The van der Waals surface area contributed by atoms with Crippen LogP contribution >= 0.6 is 11.3 Å². The van der Waals surface area contributed by atoms with Crippen molar-refractivity contribution < 1.29 is 9.90 Å². The maximum absolute atomic E-state index is 10.8. The number of carbonyl (C=O) groups is 1. The summed E-state index contributed by atoms with van der Waals surface area (Å²) in [6, 6.07) is 3.71. The number of hydrogen-bond donors (Lipinski definition) is 1. The van der Waals surface area contributed by atoms with Crippen LogP contribution in [0.15, 0.2) is 22.9 Å². The van der Waals surface area contributed by atoms with Gasteiger partial charge in [0.2, 0.25) is 0 Å². The van der Waals surface area contributed by atoms with E-state index in [0.29, 0.717) is 0 Å². The number of aromatic carboxylic acids is 1. The van der Waals surface area contributed by atoms with Crippen molar-refractivity contribution in [3.05, 3.63) is 39.8 Å². The molecule has 0 saturated carbocycles. The van der Waals surface area contributed by atoms with E-state index in [-0.39, 0.29) is 5.69 Å². The lowest BCUT2D eigenvalue weighted by Crippen LogP contribution is -2.04. The third-order valence-corrected chi connectivity index (χ3v) is 3.13. The van der Waals surface area contributed by atoms with E-state index < -0.39 is 5.97 Å². The Kier molecular flexibility index (Phi) is 3.05. The van der Waals surface area contributed by atoms with E-state index in [1.54, 1.807) is 24.5 Å². The first kappa shape index (κ1) is 10.9. The minimum Gasteiger partial charge on any atom is -0.477 e. The lowest BCUT2D eigenvalue weighted by atomic mass is 10.1. The Labute approximate surface area is 97.2 Å². The fourth-order valence-electron chi connectivity index (χ4n) is 1.56. The summed E-state index contributed by atoms with van der Waals surface area (Å²) in [5, 5.41) is 17.2. The van der Waals surface area contributed by atoms with Gasteiger partial charge in [0.25, 0.3) is 0 Å². The Morgan fingerprint density at radius 2 is 2.38 bits per heavy atom. The zero-order chi connectivity index (χ0) is 11.5. The lowest BCUT2D eigenvalue weighted by Gasteiger charge is -1.93. The smallest absolute Gasteiger partial charge is 0.354 e. The molecule has 2 heterocycles. The average molecular weight is 236 g/mol. The summed E-state index contributed by atoms with van der Waals surface area (Å²) in [5.41, 5.74) is 2.33. The second-order valence-electron chi connectivity index (χ2n) is 3.58. The van der Waals surface area contributed by atoms with Crippen LogP contribution in [-0.4, -0.2) is 20.9 Å². The molecule has 0 aromatic carbocycles. The van der Waals surface area contributed by atoms with Gasteiger partial charge < -0.3 is 5.11 Å². The zero-order valence-corrected chi connectivity index (χ0v) is 9.70. The Bertz CT molecular complexity index is 488. The molecule has 0 amide bonds. The molecular weight excluding hydrogens is 224 g/mol. The summed E-state index contributed by atoms with van der Waals surface area (Å²) in [4.78, 5) is 10.8. The molecule has 0 aliphatic rings. The monoisotopic (exact) mass is 236 g/mol. The number of hydrogen-bond acceptors (Lipinski definition) is 3. The molecule has 2 aromatic heterocycles. The molecule has 0 aliphatic carbocycles. The van der Waals surface area contributed by atoms with Crippen LogP contribution < -0.4 is 0 Å². The Balaban J connectivity index is 2.05. The minimum atomic E-state index is -0.934. The number of nitrogens with zero attached hydrogens (tertiary/aromatic N) is 2. The molecule has 0 unspecified atom stereocenters. The largest absolute Gasteiger partial charge is 0.477 e. The van der Waals surface area contributed by atoms with Gasteiger partial charge in [0.05, 0.1) is 5.69 Å². The third-order valence-electron chi connectivity index (χ3n) is 2.40. The van der Waals surface area contributed by atoms with E-state index in [4.69, 9.17) is 5.11 Å². The predicted octanol–water partition coefficient (Wildman–Crippen LogP) is 1.97. The van der Waals surface area contributed by atoms with Crippen molar-refractivity contribution in [1.29, 1.82) is 0 Å². The highest BCUT2D eigenvalue weighted by atomic mass is 32.1.